The summed E-state index contributed by atoms with van der Waals surface area (Å²) in [5.74, 6) is 0. The summed E-state index contributed by atoms with van der Waals surface area (Å²) in [6.07, 6.45) is 11.0. The van der Waals surface area contributed by atoms with E-state index in [1.54, 1.807) is 0 Å². The highest BCUT2D eigenvalue weighted by Gasteiger charge is 2.53. The SMILES string of the molecule is C=CC1=C(/C=C\C)N2C=CN(C)C2C(C)(C)C1(C)C. The molecule has 0 spiro atoms. The number of allylic oxidation sites excluding steroid dienone is 4. The molecule has 2 rings (SSSR count). The maximum atomic E-state index is 4.06. The number of nitrogens with zero attached hydrogens (tertiary/aromatic N) is 2. The molecule has 0 radical (unpaired) electrons. The predicted octanol–water partition coefficient (Wildman–Crippen LogP) is 4.11. The van der Waals surface area contributed by atoms with Gasteiger partial charge in [0.2, 0.25) is 0 Å². The molecule has 2 heteroatoms. The fourth-order valence-corrected chi connectivity index (χ4v) is 3.43. The van der Waals surface area contributed by atoms with Crippen molar-refractivity contribution >= 4 is 0 Å². The number of hydrogen-bond acceptors (Lipinski definition) is 2. The van der Waals surface area contributed by atoms with Crippen LogP contribution < -0.4 is 0 Å². The van der Waals surface area contributed by atoms with E-state index in [0.717, 1.165) is 0 Å². The van der Waals surface area contributed by atoms with Crippen LogP contribution in [0.4, 0.5) is 0 Å². The molecule has 0 fully saturated rings. The van der Waals surface area contributed by atoms with E-state index in [1.807, 2.05) is 6.08 Å². The quantitative estimate of drug-likeness (QED) is 0.735. The minimum atomic E-state index is 0.0744. The summed E-state index contributed by atoms with van der Waals surface area (Å²) in [5, 5.41) is 0. The third kappa shape index (κ3) is 1.69. The molecule has 0 saturated carbocycles. The van der Waals surface area contributed by atoms with Gasteiger partial charge in [-0.1, -0.05) is 46.4 Å². The number of rotatable bonds is 2. The Hall–Kier alpha value is -1.44. The van der Waals surface area contributed by atoms with Gasteiger partial charge in [0, 0.05) is 36.0 Å². The van der Waals surface area contributed by atoms with Crippen molar-refractivity contribution in [1.29, 1.82) is 0 Å². The second-order valence-electron chi connectivity index (χ2n) is 6.59. The molecule has 2 heterocycles. The molecule has 0 bridgehead atoms. The highest BCUT2D eigenvalue weighted by atomic mass is 15.4. The van der Waals surface area contributed by atoms with Crippen molar-refractivity contribution in [3.05, 3.63) is 48.5 Å². The first-order valence-corrected chi connectivity index (χ1v) is 6.97. The molecule has 0 aromatic rings. The van der Waals surface area contributed by atoms with E-state index in [2.05, 4.69) is 82.6 Å². The molecule has 2 aliphatic rings. The summed E-state index contributed by atoms with van der Waals surface area (Å²) in [7, 11) is 2.16. The van der Waals surface area contributed by atoms with Crippen LogP contribution in [0.1, 0.15) is 34.6 Å². The van der Waals surface area contributed by atoms with Crippen molar-refractivity contribution in [2.45, 2.75) is 40.8 Å². The summed E-state index contributed by atoms with van der Waals surface area (Å²) in [5.41, 5.74) is 2.80. The first kappa shape index (κ1) is 14.0. The van der Waals surface area contributed by atoms with Crippen LogP contribution in [0.5, 0.6) is 0 Å². The van der Waals surface area contributed by atoms with Crippen molar-refractivity contribution in [3.63, 3.8) is 0 Å². The molecule has 1 unspecified atom stereocenters. The normalized spacial score (nSPS) is 28.2. The van der Waals surface area contributed by atoms with E-state index in [1.165, 1.54) is 11.3 Å². The highest BCUT2D eigenvalue weighted by Crippen LogP contribution is 2.55. The minimum absolute atomic E-state index is 0.0744. The molecule has 2 nitrogen and oxygen atoms in total. The monoisotopic (exact) mass is 258 g/mol. The molecule has 0 N–H and O–H groups in total. The Kier molecular flexibility index (Phi) is 3.16. The first-order valence-electron chi connectivity index (χ1n) is 6.97. The standard InChI is InChI=1S/C17H26N2/c1-8-10-14-13(9-2)16(3,4)17(5,6)15-18(7)11-12-19(14)15/h8-12,15H,2H2,1,3-7H3/b10-8-. The highest BCUT2D eigenvalue weighted by molar-refractivity contribution is 5.43. The maximum Gasteiger partial charge on any atom is 0.111 e. The average Bonchev–Trinajstić information content (AvgIpc) is 2.69. The van der Waals surface area contributed by atoms with Crippen LogP contribution in [0.25, 0.3) is 0 Å². The summed E-state index contributed by atoms with van der Waals surface area (Å²) >= 11 is 0. The number of fused-ring (bicyclic) bond motifs is 1. The summed E-state index contributed by atoms with van der Waals surface area (Å²) in [4.78, 5) is 4.69. The smallest absolute Gasteiger partial charge is 0.111 e. The molecule has 19 heavy (non-hydrogen) atoms. The fraction of sp³-hybridized carbons (Fsp3) is 0.529. The van der Waals surface area contributed by atoms with Crippen LogP contribution in [0.3, 0.4) is 0 Å². The van der Waals surface area contributed by atoms with Gasteiger partial charge in [-0.2, -0.15) is 0 Å². The van der Waals surface area contributed by atoms with Crippen LogP contribution in [0, 0.1) is 10.8 Å². The topological polar surface area (TPSA) is 6.48 Å². The minimum Gasteiger partial charge on any atom is -0.358 e. The Morgan fingerprint density at radius 3 is 2.37 bits per heavy atom. The van der Waals surface area contributed by atoms with Gasteiger partial charge in [-0.05, 0) is 18.6 Å². The van der Waals surface area contributed by atoms with Gasteiger partial charge < -0.3 is 9.80 Å². The van der Waals surface area contributed by atoms with Crippen LogP contribution in [-0.2, 0) is 0 Å². The second kappa shape index (κ2) is 4.29. The lowest BCUT2D eigenvalue weighted by atomic mass is 9.59. The number of hydrogen-bond donors (Lipinski definition) is 0. The van der Waals surface area contributed by atoms with E-state index in [0.29, 0.717) is 6.17 Å². The van der Waals surface area contributed by atoms with Crippen molar-refractivity contribution in [3.8, 4) is 0 Å². The zero-order valence-corrected chi connectivity index (χ0v) is 13.1. The molecular weight excluding hydrogens is 232 g/mol. The molecule has 0 aromatic heterocycles. The fourth-order valence-electron chi connectivity index (χ4n) is 3.43. The second-order valence-corrected chi connectivity index (χ2v) is 6.59. The Morgan fingerprint density at radius 2 is 1.84 bits per heavy atom. The Bertz CT molecular complexity index is 477. The summed E-state index contributed by atoms with van der Waals surface area (Å²) in [6.45, 7) is 15.5. The van der Waals surface area contributed by atoms with E-state index in [9.17, 15) is 0 Å². The van der Waals surface area contributed by atoms with Crippen molar-refractivity contribution in [2.75, 3.05) is 7.05 Å². The molecule has 0 aliphatic carbocycles. The van der Waals surface area contributed by atoms with Crippen LogP contribution in [-0.4, -0.2) is 23.0 Å². The Balaban J connectivity index is 2.71. The molecule has 0 aromatic carbocycles. The van der Waals surface area contributed by atoms with Crippen molar-refractivity contribution < 1.29 is 0 Å². The average molecular weight is 258 g/mol. The summed E-state index contributed by atoms with van der Waals surface area (Å²) < 4.78 is 0. The van der Waals surface area contributed by atoms with Gasteiger partial charge in [0.25, 0.3) is 0 Å². The van der Waals surface area contributed by atoms with E-state index in [-0.39, 0.29) is 10.8 Å². The third-order valence-corrected chi connectivity index (χ3v) is 5.12. The molecule has 0 amide bonds. The largest absolute Gasteiger partial charge is 0.358 e. The summed E-state index contributed by atoms with van der Waals surface area (Å²) in [6, 6.07) is 0. The van der Waals surface area contributed by atoms with Gasteiger partial charge in [0.15, 0.2) is 0 Å². The zero-order chi connectivity index (χ0) is 14.4. The van der Waals surface area contributed by atoms with Crippen molar-refractivity contribution in [1.82, 2.24) is 9.80 Å². The molecule has 1 atom stereocenters. The predicted molar refractivity (Wildman–Crippen MR) is 82.1 cm³/mol. The van der Waals surface area contributed by atoms with Crippen LogP contribution >= 0.6 is 0 Å². The van der Waals surface area contributed by atoms with Gasteiger partial charge in [0.05, 0.1) is 0 Å². The lowest BCUT2D eigenvalue weighted by Crippen LogP contribution is -2.57. The first-order chi connectivity index (χ1) is 8.79. The Morgan fingerprint density at radius 1 is 1.21 bits per heavy atom. The Labute approximate surface area is 117 Å². The van der Waals surface area contributed by atoms with Gasteiger partial charge in [0.1, 0.15) is 6.17 Å². The lowest BCUT2D eigenvalue weighted by Gasteiger charge is -2.56. The van der Waals surface area contributed by atoms with Gasteiger partial charge >= 0.3 is 0 Å². The van der Waals surface area contributed by atoms with Gasteiger partial charge in [-0.15, -0.1) is 0 Å². The molecule has 0 saturated heterocycles. The van der Waals surface area contributed by atoms with Crippen molar-refractivity contribution in [2.24, 2.45) is 10.8 Å². The van der Waals surface area contributed by atoms with E-state index < -0.39 is 0 Å². The molecule has 104 valence electrons. The lowest BCUT2D eigenvalue weighted by molar-refractivity contribution is -0.0194. The zero-order valence-electron chi connectivity index (χ0n) is 13.1. The van der Waals surface area contributed by atoms with Crippen LogP contribution in [0.15, 0.2) is 48.5 Å². The van der Waals surface area contributed by atoms with Gasteiger partial charge in [-0.3, -0.25) is 0 Å². The maximum absolute atomic E-state index is 4.06. The van der Waals surface area contributed by atoms with E-state index in [4.69, 9.17) is 0 Å². The third-order valence-electron chi connectivity index (χ3n) is 5.12. The molecule has 2 aliphatic heterocycles. The molecular formula is C17H26N2. The van der Waals surface area contributed by atoms with E-state index >= 15 is 0 Å². The van der Waals surface area contributed by atoms with Crippen LogP contribution in [0.2, 0.25) is 0 Å². The van der Waals surface area contributed by atoms with Gasteiger partial charge in [-0.25, -0.2) is 0 Å².